The van der Waals surface area contributed by atoms with Crippen LogP contribution in [0.25, 0.3) is 0 Å². The topological polar surface area (TPSA) is 85.3 Å². The van der Waals surface area contributed by atoms with Crippen molar-refractivity contribution in [1.29, 1.82) is 5.26 Å². The van der Waals surface area contributed by atoms with Gasteiger partial charge in [-0.1, -0.05) is 0 Å². The summed E-state index contributed by atoms with van der Waals surface area (Å²) in [5.74, 6) is 0.300. The molecule has 0 aliphatic carbocycles. The average Bonchev–Trinajstić information content (AvgIpc) is 2.28. The Morgan fingerprint density at radius 1 is 1.44 bits per heavy atom. The van der Waals surface area contributed by atoms with Crippen LogP contribution in [0.4, 0.5) is 0 Å². The van der Waals surface area contributed by atoms with Crippen molar-refractivity contribution in [1.82, 2.24) is 0 Å². The summed E-state index contributed by atoms with van der Waals surface area (Å²) >= 11 is 0. The number of nitriles is 1. The highest BCUT2D eigenvalue weighted by Crippen LogP contribution is 2.23. The predicted octanol–water partition coefficient (Wildman–Crippen LogP) is 0.819. The van der Waals surface area contributed by atoms with Gasteiger partial charge in [-0.15, -0.1) is 0 Å². The summed E-state index contributed by atoms with van der Waals surface area (Å²) in [4.78, 5) is 10.8. The zero-order valence-electron chi connectivity index (χ0n) is 9.06. The molecular formula is C11H12N2O3. The molecule has 1 aromatic carbocycles. The summed E-state index contributed by atoms with van der Waals surface area (Å²) in [6, 6.07) is 6.64. The van der Waals surface area contributed by atoms with E-state index in [2.05, 4.69) is 0 Å². The van der Waals surface area contributed by atoms with E-state index < -0.39 is 12.0 Å². The first-order valence-electron chi connectivity index (χ1n) is 4.62. The molecule has 0 spiro atoms. The summed E-state index contributed by atoms with van der Waals surface area (Å²) in [6.07, 6.45) is -0.751. The van der Waals surface area contributed by atoms with Gasteiger partial charge in [0.05, 0.1) is 18.7 Å². The zero-order valence-corrected chi connectivity index (χ0v) is 9.06. The van der Waals surface area contributed by atoms with Crippen molar-refractivity contribution in [3.8, 4) is 17.6 Å². The number of ether oxygens (including phenoxy) is 2. The van der Waals surface area contributed by atoms with Crippen molar-refractivity contribution < 1.29 is 14.3 Å². The lowest BCUT2D eigenvalue weighted by atomic mass is 10.2. The number of carbonyl (C=O) groups excluding carboxylic acids is 1. The van der Waals surface area contributed by atoms with Crippen LogP contribution in [0.2, 0.25) is 0 Å². The number of benzene rings is 1. The second-order valence-corrected chi connectivity index (χ2v) is 3.17. The van der Waals surface area contributed by atoms with Crippen molar-refractivity contribution in [2.75, 3.05) is 7.11 Å². The Balaban J connectivity index is 2.96. The number of hydrogen-bond acceptors (Lipinski definition) is 4. The Kier molecular flexibility index (Phi) is 3.72. The van der Waals surface area contributed by atoms with E-state index in [-0.39, 0.29) is 0 Å². The number of rotatable bonds is 4. The summed E-state index contributed by atoms with van der Waals surface area (Å²) in [6.45, 7) is 1.54. The van der Waals surface area contributed by atoms with Crippen molar-refractivity contribution in [3.63, 3.8) is 0 Å². The number of nitrogens with two attached hydrogens (primary N) is 1. The van der Waals surface area contributed by atoms with E-state index in [0.29, 0.717) is 17.1 Å². The van der Waals surface area contributed by atoms with E-state index in [1.807, 2.05) is 6.07 Å². The minimum Gasteiger partial charge on any atom is -0.497 e. The Morgan fingerprint density at radius 2 is 2.06 bits per heavy atom. The molecule has 0 saturated heterocycles. The molecule has 1 amide bonds. The number of amides is 1. The van der Waals surface area contributed by atoms with Crippen molar-refractivity contribution >= 4 is 5.91 Å². The molecule has 0 radical (unpaired) electrons. The standard InChI is InChI=1S/C11H12N2O3/c1-7(11(13)14)16-10-4-8(6-12)3-9(5-10)15-2/h3-5,7H,1-2H3,(H2,13,14). The second kappa shape index (κ2) is 5.03. The fraction of sp³-hybridized carbons (Fsp3) is 0.273. The van der Waals surface area contributed by atoms with Gasteiger partial charge in [0.15, 0.2) is 6.10 Å². The maximum atomic E-state index is 10.8. The summed E-state index contributed by atoms with van der Waals surface area (Å²) < 4.78 is 10.2. The highest BCUT2D eigenvalue weighted by Gasteiger charge is 2.11. The van der Waals surface area contributed by atoms with Gasteiger partial charge in [-0.3, -0.25) is 4.79 Å². The summed E-state index contributed by atoms with van der Waals surface area (Å²) in [5, 5.41) is 8.77. The number of primary amides is 1. The first-order chi connectivity index (χ1) is 7.56. The molecule has 0 bridgehead atoms. The number of hydrogen-bond donors (Lipinski definition) is 1. The Hall–Kier alpha value is -2.22. The fourth-order valence-corrected chi connectivity index (χ4v) is 1.08. The van der Waals surface area contributed by atoms with Gasteiger partial charge in [0, 0.05) is 6.07 Å². The molecule has 0 fully saturated rings. The van der Waals surface area contributed by atoms with Crippen molar-refractivity contribution in [3.05, 3.63) is 23.8 Å². The molecule has 5 nitrogen and oxygen atoms in total. The Morgan fingerprint density at radius 3 is 2.56 bits per heavy atom. The van der Waals surface area contributed by atoms with E-state index >= 15 is 0 Å². The van der Waals surface area contributed by atoms with Gasteiger partial charge in [0.2, 0.25) is 0 Å². The molecule has 0 aromatic heterocycles. The van der Waals surface area contributed by atoms with E-state index in [1.54, 1.807) is 12.1 Å². The molecule has 1 aromatic rings. The van der Waals surface area contributed by atoms with Crippen LogP contribution in [0.1, 0.15) is 12.5 Å². The van der Waals surface area contributed by atoms with Crippen LogP contribution in [-0.2, 0) is 4.79 Å². The molecule has 16 heavy (non-hydrogen) atoms. The van der Waals surface area contributed by atoms with Crippen LogP contribution < -0.4 is 15.2 Å². The fourth-order valence-electron chi connectivity index (χ4n) is 1.08. The number of nitrogens with zero attached hydrogens (tertiary/aromatic N) is 1. The molecule has 2 N–H and O–H groups in total. The van der Waals surface area contributed by atoms with Crippen LogP contribution in [0.3, 0.4) is 0 Å². The van der Waals surface area contributed by atoms with Crippen LogP contribution in [0, 0.1) is 11.3 Å². The monoisotopic (exact) mass is 220 g/mol. The number of carbonyl (C=O) groups is 1. The van der Waals surface area contributed by atoms with Crippen LogP contribution in [-0.4, -0.2) is 19.1 Å². The van der Waals surface area contributed by atoms with Crippen molar-refractivity contribution in [2.24, 2.45) is 5.73 Å². The summed E-state index contributed by atoms with van der Waals surface area (Å²) in [7, 11) is 1.48. The van der Waals surface area contributed by atoms with Gasteiger partial charge < -0.3 is 15.2 Å². The number of methoxy groups -OCH3 is 1. The SMILES string of the molecule is COc1cc(C#N)cc(OC(C)C(N)=O)c1. The minimum atomic E-state index is -0.751. The zero-order chi connectivity index (χ0) is 12.1. The lowest BCUT2D eigenvalue weighted by Gasteiger charge is -2.12. The van der Waals surface area contributed by atoms with Gasteiger partial charge in [-0.05, 0) is 19.1 Å². The van der Waals surface area contributed by atoms with Crippen molar-refractivity contribution in [2.45, 2.75) is 13.0 Å². The smallest absolute Gasteiger partial charge is 0.258 e. The van der Waals surface area contributed by atoms with Crippen LogP contribution >= 0.6 is 0 Å². The highest BCUT2D eigenvalue weighted by molar-refractivity contribution is 5.78. The lowest BCUT2D eigenvalue weighted by molar-refractivity contribution is -0.123. The average molecular weight is 220 g/mol. The first-order valence-corrected chi connectivity index (χ1v) is 4.62. The predicted molar refractivity (Wildman–Crippen MR) is 57.0 cm³/mol. The molecule has 0 aliphatic heterocycles. The second-order valence-electron chi connectivity index (χ2n) is 3.17. The normalized spacial score (nSPS) is 11.3. The Bertz CT molecular complexity index is 437. The molecule has 84 valence electrons. The largest absolute Gasteiger partial charge is 0.497 e. The van der Waals surface area contributed by atoms with Crippen LogP contribution in [0.15, 0.2) is 18.2 Å². The maximum absolute atomic E-state index is 10.8. The van der Waals surface area contributed by atoms with Gasteiger partial charge in [0.1, 0.15) is 11.5 Å². The molecule has 1 atom stereocenters. The van der Waals surface area contributed by atoms with E-state index in [9.17, 15) is 4.79 Å². The van der Waals surface area contributed by atoms with E-state index in [1.165, 1.54) is 20.1 Å². The van der Waals surface area contributed by atoms with Gasteiger partial charge in [0.25, 0.3) is 5.91 Å². The molecule has 0 saturated carbocycles. The molecular weight excluding hydrogens is 208 g/mol. The maximum Gasteiger partial charge on any atom is 0.258 e. The third-order valence-electron chi connectivity index (χ3n) is 1.96. The Labute approximate surface area is 93.4 Å². The molecule has 0 aliphatic rings. The first kappa shape index (κ1) is 11.9. The third kappa shape index (κ3) is 2.89. The lowest BCUT2D eigenvalue weighted by Crippen LogP contribution is -2.30. The molecule has 1 rings (SSSR count). The van der Waals surface area contributed by atoms with Gasteiger partial charge in [-0.25, -0.2) is 0 Å². The van der Waals surface area contributed by atoms with E-state index in [0.717, 1.165) is 0 Å². The van der Waals surface area contributed by atoms with E-state index in [4.69, 9.17) is 20.5 Å². The third-order valence-corrected chi connectivity index (χ3v) is 1.96. The summed E-state index contributed by atoms with van der Waals surface area (Å²) in [5.41, 5.74) is 5.46. The van der Waals surface area contributed by atoms with Crippen LogP contribution in [0.5, 0.6) is 11.5 Å². The molecule has 0 heterocycles. The van der Waals surface area contributed by atoms with Gasteiger partial charge in [-0.2, -0.15) is 5.26 Å². The quantitative estimate of drug-likeness (QED) is 0.813. The van der Waals surface area contributed by atoms with Gasteiger partial charge >= 0.3 is 0 Å². The molecule has 5 heteroatoms. The minimum absolute atomic E-state index is 0.377. The molecule has 1 unspecified atom stereocenters. The highest BCUT2D eigenvalue weighted by atomic mass is 16.5.